The number of fused-ring (bicyclic) bond motifs is 4. The topological polar surface area (TPSA) is 53.4 Å². The number of halogens is 1. The molecule has 1 N–H and O–H groups in total. The lowest BCUT2D eigenvalue weighted by Crippen LogP contribution is -2.43. The fourth-order valence-electron chi connectivity index (χ4n) is 5.43. The Morgan fingerprint density at radius 3 is 2.68 bits per heavy atom. The van der Waals surface area contributed by atoms with E-state index in [2.05, 4.69) is 58.8 Å². The molecule has 1 saturated heterocycles. The number of hydrogen-bond donors (Lipinski definition) is 1. The van der Waals surface area contributed by atoms with E-state index in [0.29, 0.717) is 11.4 Å². The van der Waals surface area contributed by atoms with E-state index in [1.807, 2.05) is 18.2 Å². The van der Waals surface area contributed by atoms with E-state index in [0.717, 1.165) is 61.5 Å². The zero-order chi connectivity index (χ0) is 20.9. The van der Waals surface area contributed by atoms with Crippen molar-refractivity contribution in [2.24, 2.45) is 0 Å². The van der Waals surface area contributed by atoms with Crippen molar-refractivity contribution < 1.29 is 0 Å². The lowest BCUT2D eigenvalue weighted by Gasteiger charge is -2.39. The smallest absolute Gasteiger partial charge is 0.283 e. The Morgan fingerprint density at radius 2 is 1.87 bits per heavy atom. The van der Waals surface area contributed by atoms with Crippen LogP contribution < -0.4 is 20.7 Å². The van der Waals surface area contributed by atoms with E-state index in [9.17, 15) is 4.79 Å². The van der Waals surface area contributed by atoms with Crippen LogP contribution in [-0.4, -0.2) is 41.8 Å². The molecule has 0 spiro atoms. The van der Waals surface area contributed by atoms with Crippen LogP contribution >= 0.6 is 15.9 Å². The van der Waals surface area contributed by atoms with Gasteiger partial charge in [0.05, 0.1) is 23.1 Å². The van der Waals surface area contributed by atoms with Crippen LogP contribution in [0.25, 0.3) is 10.9 Å². The van der Waals surface area contributed by atoms with Gasteiger partial charge in [-0.25, -0.2) is 0 Å². The second-order valence-corrected chi connectivity index (χ2v) is 9.65. The summed E-state index contributed by atoms with van der Waals surface area (Å²) in [6, 6.07) is 13.2. The SMILES string of the molecule is O=c1nc2n(c3cccc(Br)c13)Cc1ccc(N3CCNCC3)cc1N2C1CCCC1. The highest BCUT2D eigenvalue weighted by molar-refractivity contribution is 9.10. The first-order valence-electron chi connectivity index (χ1n) is 11.3. The van der Waals surface area contributed by atoms with E-state index < -0.39 is 0 Å². The van der Waals surface area contributed by atoms with Gasteiger partial charge in [0.15, 0.2) is 0 Å². The Morgan fingerprint density at radius 1 is 1.06 bits per heavy atom. The summed E-state index contributed by atoms with van der Waals surface area (Å²) in [7, 11) is 0. The van der Waals surface area contributed by atoms with Crippen LogP contribution in [0.1, 0.15) is 31.2 Å². The van der Waals surface area contributed by atoms with E-state index in [4.69, 9.17) is 0 Å². The van der Waals surface area contributed by atoms with E-state index in [-0.39, 0.29) is 5.56 Å². The minimum atomic E-state index is -0.154. The van der Waals surface area contributed by atoms with Crippen LogP contribution in [0.4, 0.5) is 17.3 Å². The summed E-state index contributed by atoms with van der Waals surface area (Å²) in [5.41, 5.74) is 4.58. The molecule has 2 aliphatic heterocycles. The van der Waals surface area contributed by atoms with Crippen LogP contribution in [-0.2, 0) is 6.54 Å². The van der Waals surface area contributed by atoms with Crippen molar-refractivity contribution in [2.45, 2.75) is 38.3 Å². The molecule has 1 saturated carbocycles. The average Bonchev–Trinajstić information content (AvgIpc) is 3.32. The molecule has 6 nitrogen and oxygen atoms in total. The van der Waals surface area contributed by atoms with Crippen molar-refractivity contribution in [3.63, 3.8) is 0 Å². The molecule has 0 radical (unpaired) electrons. The highest BCUT2D eigenvalue weighted by Gasteiger charge is 2.33. The molecular weight excluding hydrogens is 454 g/mol. The number of aromatic nitrogens is 2. The molecule has 160 valence electrons. The van der Waals surface area contributed by atoms with Crippen molar-refractivity contribution >= 4 is 44.2 Å². The molecule has 1 aliphatic carbocycles. The first-order chi connectivity index (χ1) is 15.2. The number of anilines is 3. The predicted octanol–water partition coefficient (Wildman–Crippen LogP) is 4.01. The summed E-state index contributed by atoms with van der Waals surface area (Å²) in [6.45, 7) is 4.81. The summed E-state index contributed by atoms with van der Waals surface area (Å²) in [5, 5.41) is 4.10. The Bertz CT molecular complexity index is 1210. The molecule has 0 bridgehead atoms. The minimum absolute atomic E-state index is 0.154. The normalized spacial score (nSPS) is 19.0. The number of hydrogen-bond acceptors (Lipinski definition) is 5. The van der Waals surface area contributed by atoms with Gasteiger partial charge in [0, 0.05) is 42.4 Å². The van der Waals surface area contributed by atoms with Crippen LogP contribution in [0.2, 0.25) is 0 Å². The first-order valence-corrected chi connectivity index (χ1v) is 12.1. The van der Waals surface area contributed by atoms with Crippen LogP contribution in [0, 0.1) is 0 Å². The molecule has 3 aliphatic rings. The van der Waals surface area contributed by atoms with Gasteiger partial charge < -0.3 is 19.7 Å². The quantitative estimate of drug-likeness (QED) is 0.601. The third kappa shape index (κ3) is 3.17. The largest absolute Gasteiger partial charge is 0.369 e. The first kappa shape index (κ1) is 19.3. The highest BCUT2D eigenvalue weighted by Crippen LogP contribution is 2.42. The van der Waals surface area contributed by atoms with Gasteiger partial charge in [-0.2, -0.15) is 4.98 Å². The van der Waals surface area contributed by atoms with Crippen LogP contribution in [0.3, 0.4) is 0 Å². The standard InChI is InChI=1S/C24H26BrN5O/c25-19-6-3-7-20-22(19)23(31)27-24-29(20)15-16-8-9-18(28-12-10-26-11-13-28)14-21(16)30(24)17-4-1-2-5-17/h3,6-9,14,17,26H,1-2,4-5,10-13,15H2. The minimum Gasteiger partial charge on any atom is -0.369 e. The highest BCUT2D eigenvalue weighted by atomic mass is 79.9. The van der Waals surface area contributed by atoms with Gasteiger partial charge in [0.1, 0.15) is 0 Å². The molecule has 7 heteroatoms. The van der Waals surface area contributed by atoms with E-state index in [1.54, 1.807) is 0 Å². The maximum Gasteiger partial charge on any atom is 0.283 e. The molecule has 0 amide bonds. The summed E-state index contributed by atoms with van der Waals surface area (Å²) in [4.78, 5) is 22.5. The summed E-state index contributed by atoms with van der Waals surface area (Å²) in [5.74, 6) is 0.799. The number of nitrogens with one attached hydrogen (secondary N) is 1. The Hall–Kier alpha value is -2.38. The summed E-state index contributed by atoms with van der Waals surface area (Å²) < 4.78 is 3.04. The number of rotatable bonds is 2. The second kappa shape index (κ2) is 7.64. The lowest BCUT2D eigenvalue weighted by molar-refractivity contribution is 0.588. The van der Waals surface area contributed by atoms with Gasteiger partial charge in [-0.15, -0.1) is 0 Å². The van der Waals surface area contributed by atoms with Crippen molar-refractivity contribution in [3.05, 3.63) is 56.8 Å². The molecule has 31 heavy (non-hydrogen) atoms. The maximum atomic E-state index is 13.1. The molecule has 1 aromatic heterocycles. The third-order valence-electron chi connectivity index (χ3n) is 6.98. The van der Waals surface area contributed by atoms with Gasteiger partial charge in [-0.3, -0.25) is 4.79 Å². The van der Waals surface area contributed by atoms with Crippen LogP contribution in [0.15, 0.2) is 45.7 Å². The monoisotopic (exact) mass is 479 g/mol. The van der Waals surface area contributed by atoms with Gasteiger partial charge in [-0.05, 0) is 58.6 Å². The van der Waals surface area contributed by atoms with Gasteiger partial charge in [-0.1, -0.05) is 25.0 Å². The predicted molar refractivity (Wildman–Crippen MR) is 129 cm³/mol. The molecular formula is C24H26BrN5O. The second-order valence-electron chi connectivity index (χ2n) is 8.80. The molecule has 2 fully saturated rings. The van der Waals surface area contributed by atoms with Gasteiger partial charge in [0.2, 0.25) is 5.95 Å². The lowest BCUT2D eigenvalue weighted by atomic mass is 10.0. The summed E-state index contributed by atoms with van der Waals surface area (Å²) >= 11 is 3.56. The average molecular weight is 480 g/mol. The van der Waals surface area contributed by atoms with Crippen molar-refractivity contribution in [3.8, 4) is 0 Å². The molecule has 0 atom stereocenters. The van der Waals surface area contributed by atoms with E-state index in [1.165, 1.54) is 29.8 Å². The Kier molecular flexibility index (Phi) is 4.76. The van der Waals surface area contributed by atoms with Crippen molar-refractivity contribution in [1.82, 2.24) is 14.9 Å². The zero-order valence-corrected chi connectivity index (χ0v) is 19.1. The van der Waals surface area contributed by atoms with Gasteiger partial charge >= 0.3 is 0 Å². The molecule has 3 heterocycles. The third-order valence-corrected chi connectivity index (χ3v) is 7.64. The van der Waals surface area contributed by atoms with Gasteiger partial charge in [0.25, 0.3) is 5.56 Å². The van der Waals surface area contributed by atoms with E-state index >= 15 is 0 Å². The molecule has 2 aromatic carbocycles. The summed E-state index contributed by atoms with van der Waals surface area (Å²) in [6.07, 6.45) is 4.75. The fourth-order valence-corrected chi connectivity index (χ4v) is 5.96. The van der Waals surface area contributed by atoms with Crippen molar-refractivity contribution in [1.29, 1.82) is 0 Å². The van der Waals surface area contributed by atoms with Crippen molar-refractivity contribution in [2.75, 3.05) is 36.0 Å². The Labute approximate surface area is 190 Å². The van der Waals surface area contributed by atoms with Crippen LogP contribution in [0.5, 0.6) is 0 Å². The fraction of sp³-hybridized carbons (Fsp3) is 0.417. The molecule has 3 aromatic rings. The maximum absolute atomic E-state index is 13.1. The number of benzene rings is 2. The zero-order valence-electron chi connectivity index (χ0n) is 17.5. The number of nitrogens with zero attached hydrogens (tertiary/aromatic N) is 4. The molecule has 0 unspecified atom stereocenters. The number of piperazine rings is 1. The Balaban J connectivity index is 1.54. The molecule has 6 rings (SSSR count).